The molecule has 0 aromatic heterocycles. The fourth-order valence-electron chi connectivity index (χ4n) is 2.57. The quantitative estimate of drug-likeness (QED) is 0.323. The fourth-order valence-corrected chi connectivity index (χ4v) is 2.57. The second kappa shape index (κ2) is 11.4. The number of carbonyl (C=O) groups excluding carboxylic acids is 3. The zero-order valence-corrected chi connectivity index (χ0v) is 16.6. The predicted octanol–water partition coefficient (Wildman–Crippen LogP) is 4.35. The van der Waals surface area contributed by atoms with Crippen molar-refractivity contribution >= 4 is 23.4 Å². The minimum atomic E-state index is -0.369. The smallest absolute Gasteiger partial charge is 0.163 e. The summed E-state index contributed by atoms with van der Waals surface area (Å²) in [5.74, 6) is 0.312. The lowest BCUT2D eigenvalue weighted by Crippen LogP contribution is -2.08. The van der Waals surface area contributed by atoms with Gasteiger partial charge in [0, 0.05) is 0 Å². The molecule has 5 heteroatoms. The average Bonchev–Trinajstić information content (AvgIpc) is 2.70. The lowest BCUT2D eigenvalue weighted by molar-refractivity contribution is -0.128. The molecule has 0 unspecified atom stereocenters. The molecule has 0 saturated carbocycles. The number of Topliss-reactive ketones (excluding diaryl/α,β-unsaturated/α-hetero) is 2. The van der Waals surface area contributed by atoms with Crippen LogP contribution in [0.4, 0.5) is 0 Å². The average molecular weight is 392 g/mol. The highest BCUT2D eigenvalue weighted by Crippen LogP contribution is 2.29. The Labute approximate surface area is 170 Å². The fraction of sp³-hybridized carbons (Fsp3) is 0.208. The van der Waals surface area contributed by atoms with E-state index < -0.39 is 0 Å². The van der Waals surface area contributed by atoms with Gasteiger partial charge in [0.25, 0.3) is 0 Å². The SMILES string of the molecule is COc1ccc(C=CC=CC(=O)CC(=O)CC(C)=O)cc1OCc1ccccc1. The van der Waals surface area contributed by atoms with Crippen molar-refractivity contribution < 1.29 is 23.9 Å². The number of benzene rings is 2. The first kappa shape index (κ1) is 21.8. The molecule has 0 atom stereocenters. The summed E-state index contributed by atoms with van der Waals surface area (Å²) in [6.45, 7) is 1.75. The number of ether oxygens (including phenoxy) is 2. The molecule has 0 aliphatic carbocycles. The molecule has 5 nitrogen and oxygen atoms in total. The molecule has 29 heavy (non-hydrogen) atoms. The van der Waals surface area contributed by atoms with Crippen LogP contribution in [0.15, 0.2) is 66.8 Å². The van der Waals surface area contributed by atoms with Gasteiger partial charge in [0.1, 0.15) is 18.2 Å². The molecule has 2 aromatic carbocycles. The molecule has 0 fully saturated rings. The van der Waals surface area contributed by atoms with Gasteiger partial charge in [-0.1, -0.05) is 54.6 Å². The summed E-state index contributed by atoms with van der Waals surface area (Å²) < 4.78 is 11.2. The van der Waals surface area contributed by atoms with Gasteiger partial charge < -0.3 is 9.47 Å². The Balaban J connectivity index is 1.96. The van der Waals surface area contributed by atoms with Crippen molar-refractivity contribution in [1.82, 2.24) is 0 Å². The van der Waals surface area contributed by atoms with Gasteiger partial charge in [0.2, 0.25) is 0 Å². The Kier molecular flexibility index (Phi) is 8.57. The summed E-state index contributed by atoms with van der Waals surface area (Å²) in [5, 5.41) is 0. The second-order valence-electron chi connectivity index (χ2n) is 6.46. The van der Waals surface area contributed by atoms with Gasteiger partial charge in [0.05, 0.1) is 20.0 Å². The zero-order chi connectivity index (χ0) is 21.1. The van der Waals surface area contributed by atoms with Crippen molar-refractivity contribution in [2.75, 3.05) is 7.11 Å². The molecule has 0 amide bonds. The summed E-state index contributed by atoms with van der Waals surface area (Å²) in [6, 6.07) is 15.4. The molecule has 2 rings (SSSR count). The van der Waals surface area contributed by atoms with Crippen LogP contribution in [0, 0.1) is 0 Å². The topological polar surface area (TPSA) is 69.7 Å². The molecule has 0 aliphatic heterocycles. The largest absolute Gasteiger partial charge is 0.493 e. The van der Waals surface area contributed by atoms with Crippen LogP contribution in [-0.2, 0) is 21.0 Å². The summed E-state index contributed by atoms with van der Waals surface area (Å²) in [5.41, 5.74) is 1.93. The third-order valence-electron chi connectivity index (χ3n) is 3.92. The van der Waals surface area contributed by atoms with Crippen molar-refractivity contribution in [1.29, 1.82) is 0 Å². The monoisotopic (exact) mass is 392 g/mol. The van der Waals surface area contributed by atoms with E-state index in [0.717, 1.165) is 11.1 Å². The first-order valence-corrected chi connectivity index (χ1v) is 9.21. The second-order valence-corrected chi connectivity index (χ2v) is 6.46. The van der Waals surface area contributed by atoms with Gasteiger partial charge in [-0.25, -0.2) is 0 Å². The van der Waals surface area contributed by atoms with Crippen molar-refractivity contribution in [3.8, 4) is 11.5 Å². The Morgan fingerprint density at radius 2 is 1.69 bits per heavy atom. The van der Waals surface area contributed by atoms with Crippen LogP contribution < -0.4 is 9.47 Å². The number of ketones is 3. The van der Waals surface area contributed by atoms with Gasteiger partial charge in [-0.3, -0.25) is 14.4 Å². The number of rotatable bonds is 11. The Morgan fingerprint density at radius 1 is 0.931 bits per heavy atom. The van der Waals surface area contributed by atoms with E-state index in [4.69, 9.17) is 9.47 Å². The third-order valence-corrected chi connectivity index (χ3v) is 3.92. The molecule has 0 aliphatic rings. The molecular formula is C24H24O5. The van der Waals surface area contributed by atoms with Crippen LogP contribution in [0.25, 0.3) is 6.08 Å². The Hall–Kier alpha value is -3.47. The number of carbonyl (C=O) groups is 3. The number of hydrogen-bond donors (Lipinski definition) is 0. The highest BCUT2D eigenvalue weighted by molar-refractivity contribution is 6.09. The van der Waals surface area contributed by atoms with Crippen LogP contribution in [0.1, 0.15) is 30.9 Å². The molecule has 0 heterocycles. The van der Waals surface area contributed by atoms with Crippen LogP contribution in [0.3, 0.4) is 0 Å². The number of hydrogen-bond acceptors (Lipinski definition) is 5. The minimum Gasteiger partial charge on any atom is -0.493 e. The van der Waals surface area contributed by atoms with Crippen molar-refractivity contribution in [2.45, 2.75) is 26.4 Å². The highest BCUT2D eigenvalue weighted by Gasteiger charge is 2.09. The Bertz CT molecular complexity index is 910. The van der Waals surface area contributed by atoms with Crippen molar-refractivity contribution in [3.05, 3.63) is 77.9 Å². The van der Waals surface area contributed by atoms with Gasteiger partial charge in [-0.15, -0.1) is 0 Å². The molecule has 0 saturated heterocycles. The minimum absolute atomic E-state index is 0.201. The van der Waals surface area contributed by atoms with Crippen LogP contribution >= 0.6 is 0 Å². The molecule has 0 bridgehead atoms. The van der Waals surface area contributed by atoms with E-state index >= 15 is 0 Å². The lowest BCUT2D eigenvalue weighted by Gasteiger charge is -2.11. The summed E-state index contributed by atoms with van der Waals surface area (Å²) >= 11 is 0. The third kappa shape index (κ3) is 7.97. The van der Waals surface area contributed by atoms with E-state index in [1.54, 1.807) is 19.3 Å². The molecule has 2 aromatic rings. The van der Waals surface area contributed by atoms with Gasteiger partial charge in [-0.05, 0) is 36.3 Å². The van der Waals surface area contributed by atoms with E-state index in [1.165, 1.54) is 13.0 Å². The van der Waals surface area contributed by atoms with E-state index in [-0.39, 0.29) is 30.2 Å². The van der Waals surface area contributed by atoms with Crippen molar-refractivity contribution in [2.24, 2.45) is 0 Å². The zero-order valence-electron chi connectivity index (χ0n) is 16.6. The number of methoxy groups -OCH3 is 1. The van der Waals surface area contributed by atoms with Crippen LogP contribution in [0.5, 0.6) is 11.5 Å². The standard InChI is InChI=1S/C24H24O5/c1-18(25)14-22(27)16-21(26)11-7-6-8-19-12-13-23(28-2)24(15-19)29-17-20-9-4-3-5-10-20/h3-13,15H,14,16-17H2,1-2H3. The van der Waals surface area contributed by atoms with E-state index in [1.807, 2.05) is 54.6 Å². The van der Waals surface area contributed by atoms with Crippen molar-refractivity contribution in [3.63, 3.8) is 0 Å². The molecule has 150 valence electrons. The highest BCUT2D eigenvalue weighted by atomic mass is 16.5. The maximum atomic E-state index is 11.7. The summed E-state index contributed by atoms with van der Waals surface area (Å²) in [7, 11) is 1.59. The van der Waals surface area contributed by atoms with Gasteiger partial charge in [-0.2, -0.15) is 0 Å². The van der Waals surface area contributed by atoms with E-state index in [2.05, 4.69) is 0 Å². The first-order valence-electron chi connectivity index (χ1n) is 9.21. The molecule has 0 N–H and O–H groups in total. The maximum Gasteiger partial charge on any atom is 0.163 e. The van der Waals surface area contributed by atoms with E-state index in [0.29, 0.717) is 18.1 Å². The number of allylic oxidation sites excluding steroid dienone is 3. The molecule has 0 radical (unpaired) electrons. The van der Waals surface area contributed by atoms with Gasteiger partial charge in [0.15, 0.2) is 17.3 Å². The van der Waals surface area contributed by atoms with Gasteiger partial charge >= 0.3 is 0 Å². The predicted molar refractivity (Wildman–Crippen MR) is 112 cm³/mol. The maximum absolute atomic E-state index is 11.7. The van der Waals surface area contributed by atoms with E-state index in [9.17, 15) is 14.4 Å². The molecular weight excluding hydrogens is 368 g/mol. The first-order chi connectivity index (χ1) is 14.0. The van der Waals surface area contributed by atoms with Crippen LogP contribution in [0.2, 0.25) is 0 Å². The Morgan fingerprint density at radius 3 is 2.38 bits per heavy atom. The van der Waals surface area contributed by atoms with Crippen LogP contribution in [-0.4, -0.2) is 24.5 Å². The lowest BCUT2D eigenvalue weighted by atomic mass is 10.1. The summed E-state index contributed by atoms with van der Waals surface area (Å²) in [6.07, 6.45) is 5.95. The normalized spacial score (nSPS) is 11.0. The summed E-state index contributed by atoms with van der Waals surface area (Å²) in [4.78, 5) is 34.0. The molecule has 0 spiro atoms.